The van der Waals surface area contributed by atoms with Crippen molar-refractivity contribution in [1.82, 2.24) is 15.0 Å². The Morgan fingerprint density at radius 3 is 2.57 bits per heavy atom. The molecular formula is C19H17ClFN3O5S. The van der Waals surface area contributed by atoms with Gasteiger partial charge in [0.15, 0.2) is 5.82 Å². The largest absolute Gasteiger partial charge is 0.506 e. The molecular weight excluding hydrogens is 437 g/mol. The number of carbonyl (C=O) groups excluding carboxylic acids is 1. The van der Waals surface area contributed by atoms with Gasteiger partial charge in [0.1, 0.15) is 16.8 Å². The number of nitrogens with one attached hydrogen (secondary N) is 2. The number of aromatic hydroxyl groups is 1. The number of hydrogen-bond acceptors (Lipinski definition) is 6. The Balaban J connectivity index is 1.93. The minimum atomic E-state index is -4.14. The Kier molecular flexibility index (Phi) is 6.52. The molecule has 0 unspecified atom stereocenters. The van der Waals surface area contributed by atoms with Crippen LogP contribution in [-0.2, 0) is 16.6 Å². The van der Waals surface area contributed by atoms with Crippen LogP contribution in [0.15, 0.2) is 47.5 Å². The number of benzene rings is 2. The quantitative estimate of drug-likeness (QED) is 0.432. The Morgan fingerprint density at radius 2 is 1.90 bits per heavy atom. The van der Waals surface area contributed by atoms with Crippen LogP contribution in [0, 0.1) is 5.82 Å². The van der Waals surface area contributed by atoms with Crippen molar-refractivity contribution >= 4 is 38.4 Å². The molecule has 0 spiro atoms. The minimum absolute atomic E-state index is 0.140. The summed E-state index contributed by atoms with van der Waals surface area (Å²) >= 11 is 5.81. The standard InChI is InChI=1S/C19H17ClFN3O5S/c20-12-3-1-11(2-4-12)9-23-19(27)15-10-22-17-14(18(15)26)7-13(8-16(17)21)30(28,29)24-5-6-25/h1-4,7-8,10,24-25H,5-6,9H2,(H,22,26)(H,23,27). The first-order valence-electron chi connectivity index (χ1n) is 8.67. The molecule has 0 aliphatic rings. The highest BCUT2D eigenvalue weighted by Gasteiger charge is 2.21. The van der Waals surface area contributed by atoms with Crippen LogP contribution in [0.25, 0.3) is 10.9 Å². The number of rotatable bonds is 7. The van der Waals surface area contributed by atoms with Crippen molar-refractivity contribution in [3.63, 3.8) is 0 Å². The lowest BCUT2D eigenvalue weighted by atomic mass is 10.1. The average molecular weight is 454 g/mol. The molecule has 0 radical (unpaired) electrons. The second kappa shape index (κ2) is 8.92. The smallest absolute Gasteiger partial charge is 0.256 e. The van der Waals surface area contributed by atoms with Gasteiger partial charge in [0.05, 0.1) is 11.5 Å². The number of sulfonamides is 1. The second-order valence-corrected chi connectivity index (χ2v) is 8.46. The molecule has 8 nitrogen and oxygen atoms in total. The maximum atomic E-state index is 14.4. The number of aliphatic hydroxyl groups excluding tert-OH is 1. The van der Waals surface area contributed by atoms with Crippen molar-refractivity contribution in [1.29, 1.82) is 0 Å². The molecule has 0 aliphatic heterocycles. The number of hydrogen-bond donors (Lipinski definition) is 4. The van der Waals surface area contributed by atoms with E-state index in [1.165, 1.54) is 0 Å². The number of carbonyl (C=O) groups is 1. The highest BCUT2D eigenvalue weighted by atomic mass is 35.5. The van der Waals surface area contributed by atoms with E-state index in [4.69, 9.17) is 16.7 Å². The van der Waals surface area contributed by atoms with Gasteiger partial charge in [0.2, 0.25) is 10.0 Å². The van der Waals surface area contributed by atoms with Crippen LogP contribution >= 0.6 is 11.6 Å². The minimum Gasteiger partial charge on any atom is -0.506 e. The SMILES string of the molecule is O=C(NCc1ccc(Cl)cc1)c1cnc2c(F)cc(S(=O)(=O)NCCO)cc2c1O. The molecule has 0 saturated heterocycles. The van der Waals surface area contributed by atoms with Crippen molar-refractivity contribution < 1.29 is 27.8 Å². The second-order valence-electron chi connectivity index (χ2n) is 6.25. The van der Waals surface area contributed by atoms with E-state index in [0.717, 1.165) is 23.9 Å². The van der Waals surface area contributed by atoms with Crippen molar-refractivity contribution in [3.8, 4) is 5.75 Å². The van der Waals surface area contributed by atoms with Crippen LogP contribution in [0.1, 0.15) is 15.9 Å². The molecule has 0 fully saturated rings. The summed E-state index contributed by atoms with van der Waals surface area (Å²) in [6.45, 7) is -0.569. The molecule has 1 amide bonds. The Morgan fingerprint density at radius 1 is 1.20 bits per heavy atom. The van der Waals surface area contributed by atoms with Gasteiger partial charge in [-0.1, -0.05) is 23.7 Å². The third kappa shape index (κ3) is 4.68. The van der Waals surface area contributed by atoms with Gasteiger partial charge in [-0.2, -0.15) is 0 Å². The first-order chi connectivity index (χ1) is 14.2. The number of pyridine rings is 1. The summed E-state index contributed by atoms with van der Waals surface area (Å²) in [5.74, 6) is -2.27. The van der Waals surface area contributed by atoms with Crippen LogP contribution in [0.2, 0.25) is 5.02 Å². The first-order valence-corrected chi connectivity index (χ1v) is 10.5. The van der Waals surface area contributed by atoms with Gasteiger partial charge in [0, 0.05) is 29.7 Å². The van der Waals surface area contributed by atoms with Crippen LogP contribution in [0.3, 0.4) is 0 Å². The van der Waals surface area contributed by atoms with E-state index in [2.05, 4.69) is 15.0 Å². The van der Waals surface area contributed by atoms with Crippen LogP contribution in [-0.4, -0.2) is 42.7 Å². The Hall–Kier alpha value is -2.79. The molecule has 158 valence electrons. The summed E-state index contributed by atoms with van der Waals surface area (Å²) < 4.78 is 40.9. The number of amides is 1. The summed E-state index contributed by atoms with van der Waals surface area (Å²) in [7, 11) is -4.14. The molecule has 2 aromatic carbocycles. The van der Waals surface area contributed by atoms with Crippen molar-refractivity contribution in [2.24, 2.45) is 0 Å². The van der Waals surface area contributed by atoms with Crippen LogP contribution in [0.4, 0.5) is 4.39 Å². The number of nitrogens with zero attached hydrogens (tertiary/aromatic N) is 1. The normalized spacial score (nSPS) is 11.6. The number of aliphatic hydroxyl groups is 1. The molecule has 30 heavy (non-hydrogen) atoms. The van der Waals surface area contributed by atoms with Gasteiger partial charge in [-0.15, -0.1) is 0 Å². The number of halogens is 2. The van der Waals surface area contributed by atoms with Gasteiger partial charge in [-0.3, -0.25) is 9.78 Å². The highest BCUT2D eigenvalue weighted by molar-refractivity contribution is 7.89. The Bertz CT molecular complexity index is 1200. The zero-order chi connectivity index (χ0) is 21.9. The van der Waals surface area contributed by atoms with E-state index >= 15 is 0 Å². The maximum Gasteiger partial charge on any atom is 0.256 e. The highest BCUT2D eigenvalue weighted by Crippen LogP contribution is 2.31. The summed E-state index contributed by atoms with van der Waals surface area (Å²) in [6.07, 6.45) is 1.01. The predicted molar refractivity (Wildman–Crippen MR) is 108 cm³/mol. The van der Waals surface area contributed by atoms with E-state index in [0.29, 0.717) is 5.02 Å². The van der Waals surface area contributed by atoms with Crippen LogP contribution in [0.5, 0.6) is 5.75 Å². The summed E-state index contributed by atoms with van der Waals surface area (Å²) in [4.78, 5) is 15.8. The third-order valence-electron chi connectivity index (χ3n) is 4.20. The van der Waals surface area contributed by atoms with E-state index in [-0.39, 0.29) is 29.6 Å². The topological polar surface area (TPSA) is 129 Å². The van der Waals surface area contributed by atoms with Crippen molar-refractivity contribution in [2.45, 2.75) is 11.4 Å². The molecule has 1 heterocycles. The molecule has 3 aromatic rings. The lowest BCUT2D eigenvalue weighted by Gasteiger charge is -2.11. The fourth-order valence-corrected chi connectivity index (χ4v) is 3.87. The molecule has 11 heteroatoms. The molecule has 0 atom stereocenters. The first kappa shape index (κ1) is 21.9. The van der Waals surface area contributed by atoms with Gasteiger partial charge >= 0.3 is 0 Å². The summed E-state index contributed by atoms with van der Waals surface area (Å²) in [6, 6.07) is 8.51. The van der Waals surface area contributed by atoms with E-state index in [1.807, 2.05) is 0 Å². The molecule has 3 rings (SSSR count). The van der Waals surface area contributed by atoms with Crippen molar-refractivity contribution in [3.05, 3.63) is 64.6 Å². The van der Waals surface area contributed by atoms with Gasteiger partial charge < -0.3 is 15.5 Å². The van der Waals surface area contributed by atoms with E-state index in [1.54, 1.807) is 24.3 Å². The predicted octanol–water partition coefficient (Wildman–Crippen LogP) is 1.93. The monoisotopic (exact) mass is 453 g/mol. The summed E-state index contributed by atoms with van der Waals surface area (Å²) in [5, 5.41) is 22.2. The molecule has 0 aliphatic carbocycles. The maximum absolute atomic E-state index is 14.4. The number of fused-ring (bicyclic) bond motifs is 1. The average Bonchev–Trinajstić information content (AvgIpc) is 2.72. The molecule has 0 saturated carbocycles. The summed E-state index contributed by atoms with van der Waals surface area (Å²) in [5.41, 5.74) is 0.229. The molecule has 1 aromatic heterocycles. The van der Waals surface area contributed by atoms with Gasteiger partial charge in [0.25, 0.3) is 5.91 Å². The lowest BCUT2D eigenvalue weighted by molar-refractivity contribution is 0.0948. The third-order valence-corrected chi connectivity index (χ3v) is 5.89. The van der Waals surface area contributed by atoms with Gasteiger partial charge in [-0.05, 0) is 29.8 Å². The molecule has 0 bridgehead atoms. The number of aromatic nitrogens is 1. The van der Waals surface area contributed by atoms with E-state index < -0.39 is 39.0 Å². The fraction of sp³-hybridized carbons (Fsp3) is 0.158. The van der Waals surface area contributed by atoms with Crippen molar-refractivity contribution in [2.75, 3.05) is 13.2 Å². The zero-order valence-electron chi connectivity index (χ0n) is 15.4. The van der Waals surface area contributed by atoms with Crippen LogP contribution < -0.4 is 10.0 Å². The molecule has 4 N–H and O–H groups in total. The zero-order valence-corrected chi connectivity index (χ0v) is 17.0. The fourth-order valence-electron chi connectivity index (χ4n) is 2.69. The lowest BCUT2D eigenvalue weighted by Crippen LogP contribution is -2.26. The van der Waals surface area contributed by atoms with Gasteiger partial charge in [-0.25, -0.2) is 17.5 Å². The Labute approximate surface area is 176 Å². The van der Waals surface area contributed by atoms with E-state index in [9.17, 15) is 22.7 Å².